The summed E-state index contributed by atoms with van der Waals surface area (Å²) in [5.41, 5.74) is -1.38. The first-order valence-corrected chi connectivity index (χ1v) is 15.0. The fraction of sp³-hybridized carbons (Fsp3) is 0.161. The number of aromatic nitrogens is 1. The lowest BCUT2D eigenvalue weighted by Crippen LogP contribution is -2.41. The van der Waals surface area contributed by atoms with E-state index in [2.05, 4.69) is 4.99 Å². The number of nitrogens with zero attached hydrogens (tertiary/aromatic N) is 3. The van der Waals surface area contributed by atoms with Gasteiger partial charge in [-0.05, 0) is 60.5 Å². The second-order valence-electron chi connectivity index (χ2n) is 9.52. The average Bonchev–Trinajstić information content (AvgIpc) is 3.30. The Morgan fingerprint density at radius 2 is 1.78 bits per heavy atom. The van der Waals surface area contributed by atoms with Gasteiger partial charge in [0.2, 0.25) is 0 Å². The number of ether oxygens (including phenoxy) is 2. The molecule has 0 saturated heterocycles. The molecular weight excluding hydrogens is 674 g/mol. The van der Waals surface area contributed by atoms with Crippen LogP contribution < -0.4 is 19.6 Å². The van der Waals surface area contributed by atoms with Gasteiger partial charge in [-0.15, -0.1) is 0 Å². The maximum Gasteiger partial charge on any atom is 0.434 e. The van der Waals surface area contributed by atoms with Crippen LogP contribution in [-0.4, -0.2) is 23.3 Å². The van der Waals surface area contributed by atoms with E-state index in [-0.39, 0.29) is 49.5 Å². The molecule has 0 spiro atoms. The summed E-state index contributed by atoms with van der Waals surface area (Å²) >= 11 is 19.4. The summed E-state index contributed by atoms with van der Waals surface area (Å²) < 4.78 is 55.1. The second-order valence-corrected chi connectivity index (χ2v) is 11.8. The van der Waals surface area contributed by atoms with Gasteiger partial charge in [-0.3, -0.25) is 9.36 Å². The lowest BCUT2D eigenvalue weighted by Gasteiger charge is -2.26. The highest BCUT2D eigenvalue weighted by atomic mass is 35.5. The molecule has 14 heteroatoms. The van der Waals surface area contributed by atoms with E-state index < -0.39 is 35.0 Å². The number of alkyl halides is 3. The van der Waals surface area contributed by atoms with Crippen LogP contribution in [0.25, 0.3) is 6.08 Å². The molecule has 0 N–H and O–H groups in total. The highest BCUT2D eigenvalue weighted by Gasteiger charge is 2.45. The first-order valence-electron chi connectivity index (χ1n) is 13.1. The van der Waals surface area contributed by atoms with Gasteiger partial charge in [0.05, 0.1) is 39.4 Å². The molecule has 1 atom stereocenters. The smallest absolute Gasteiger partial charge is 0.434 e. The summed E-state index contributed by atoms with van der Waals surface area (Å²) in [4.78, 5) is 30.4. The Balaban J connectivity index is 1.69. The number of nitriles is 1. The van der Waals surface area contributed by atoms with Crippen molar-refractivity contribution in [2.45, 2.75) is 25.7 Å². The van der Waals surface area contributed by atoms with Crippen LogP contribution in [-0.2, 0) is 16.1 Å². The fourth-order valence-corrected chi connectivity index (χ4v) is 6.29. The molecule has 0 fully saturated rings. The molecule has 3 aromatic carbocycles. The molecule has 1 aliphatic rings. The van der Waals surface area contributed by atoms with Gasteiger partial charge in [0.25, 0.3) is 5.56 Å². The van der Waals surface area contributed by atoms with Crippen molar-refractivity contribution in [2.75, 3.05) is 6.61 Å². The lowest BCUT2D eigenvalue weighted by atomic mass is 9.95. The Morgan fingerprint density at radius 1 is 1.09 bits per heavy atom. The summed E-state index contributed by atoms with van der Waals surface area (Å²) in [6.45, 7) is 1.30. The fourth-order valence-electron chi connectivity index (χ4n) is 4.61. The minimum Gasteiger partial charge on any atom is -0.487 e. The number of allylic oxidation sites excluding steroid dienone is 1. The van der Waals surface area contributed by atoms with Gasteiger partial charge in [0.1, 0.15) is 12.4 Å². The molecule has 0 amide bonds. The first-order chi connectivity index (χ1) is 21.4. The molecule has 1 aliphatic heterocycles. The van der Waals surface area contributed by atoms with E-state index in [1.165, 1.54) is 49.4 Å². The molecule has 2 heterocycles. The third-order valence-corrected chi connectivity index (χ3v) is 8.30. The summed E-state index contributed by atoms with van der Waals surface area (Å²) in [6, 6.07) is 15.8. The number of benzene rings is 3. The van der Waals surface area contributed by atoms with E-state index in [0.717, 1.165) is 10.1 Å². The largest absolute Gasteiger partial charge is 0.487 e. The average molecular weight is 693 g/mol. The molecule has 0 radical (unpaired) electrons. The lowest BCUT2D eigenvalue weighted by molar-refractivity contribution is -0.140. The van der Waals surface area contributed by atoms with Crippen molar-refractivity contribution in [3.05, 3.63) is 129 Å². The van der Waals surface area contributed by atoms with E-state index in [4.69, 9.17) is 49.5 Å². The number of fused-ring (bicyclic) bond motifs is 1. The standard InChI is InChI=1S/C31H19Cl3F3N3O4S/c1-2-43-29(42)24-25(18-7-9-20(32)10-8-18)40-28(41)23(45-30(40)39-27(24)31(35,36)37)12-19-11-21(33)13-22(34)26(19)44-15-17-5-3-16(14-38)4-6-17/h3-13,25H,2,15H2,1H3/b23-12-/t25-/m1/s1. The Hall–Kier alpha value is -4.08. The minimum absolute atomic E-state index is 0.0269. The molecule has 0 aliphatic carbocycles. The summed E-state index contributed by atoms with van der Waals surface area (Å²) in [7, 11) is 0. The molecule has 0 bridgehead atoms. The van der Waals surface area contributed by atoms with E-state index in [9.17, 15) is 22.8 Å². The van der Waals surface area contributed by atoms with Crippen LogP contribution in [0, 0.1) is 11.3 Å². The van der Waals surface area contributed by atoms with Gasteiger partial charge in [0, 0.05) is 15.6 Å². The monoisotopic (exact) mass is 691 g/mol. The Labute approximate surface area is 272 Å². The zero-order chi connectivity index (χ0) is 32.5. The molecule has 5 rings (SSSR count). The zero-order valence-electron chi connectivity index (χ0n) is 23.0. The molecular formula is C31H19Cl3F3N3O4S. The highest BCUT2D eigenvalue weighted by Crippen LogP contribution is 2.39. The van der Waals surface area contributed by atoms with Crippen LogP contribution in [0.2, 0.25) is 15.1 Å². The third-order valence-electron chi connectivity index (χ3n) is 6.57. The third kappa shape index (κ3) is 6.79. The van der Waals surface area contributed by atoms with E-state index in [1.54, 1.807) is 24.3 Å². The number of hydrogen-bond acceptors (Lipinski definition) is 7. The quantitative estimate of drug-likeness (QED) is 0.200. The van der Waals surface area contributed by atoms with Crippen LogP contribution in [0.4, 0.5) is 13.2 Å². The number of thiazole rings is 1. The van der Waals surface area contributed by atoms with Crippen LogP contribution in [0.5, 0.6) is 5.75 Å². The van der Waals surface area contributed by atoms with Crippen molar-refractivity contribution in [3.8, 4) is 11.8 Å². The number of hydrogen-bond donors (Lipinski definition) is 0. The van der Waals surface area contributed by atoms with Crippen molar-refractivity contribution in [3.63, 3.8) is 0 Å². The first kappa shape index (κ1) is 32.3. The summed E-state index contributed by atoms with van der Waals surface area (Å²) in [5.74, 6) is -1.10. The van der Waals surface area contributed by atoms with Gasteiger partial charge in [0.15, 0.2) is 10.5 Å². The van der Waals surface area contributed by atoms with Gasteiger partial charge >= 0.3 is 12.1 Å². The number of esters is 1. The van der Waals surface area contributed by atoms with E-state index in [1.807, 2.05) is 6.07 Å². The maximum atomic E-state index is 14.4. The van der Waals surface area contributed by atoms with Gasteiger partial charge in [-0.2, -0.15) is 18.4 Å². The summed E-state index contributed by atoms with van der Waals surface area (Å²) in [5, 5.41) is 9.68. The molecule has 45 heavy (non-hydrogen) atoms. The van der Waals surface area contributed by atoms with Crippen LogP contribution >= 0.6 is 46.1 Å². The number of rotatable bonds is 7. The molecule has 1 aromatic heterocycles. The molecule has 4 aromatic rings. The molecule has 0 saturated carbocycles. The normalized spacial score (nSPS) is 14.9. The number of halogens is 6. The highest BCUT2D eigenvalue weighted by molar-refractivity contribution is 7.07. The van der Waals surface area contributed by atoms with E-state index in [0.29, 0.717) is 21.9 Å². The Morgan fingerprint density at radius 3 is 2.40 bits per heavy atom. The Bertz CT molecular complexity index is 2050. The van der Waals surface area contributed by atoms with E-state index >= 15 is 0 Å². The second kappa shape index (κ2) is 13.1. The maximum absolute atomic E-state index is 14.4. The zero-order valence-corrected chi connectivity index (χ0v) is 26.1. The van der Waals surface area contributed by atoms with Gasteiger partial charge in [-0.25, -0.2) is 9.79 Å². The molecule has 0 unspecified atom stereocenters. The molecule has 230 valence electrons. The van der Waals surface area contributed by atoms with Crippen molar-refractivity contribution in [2.24, 2.45) is 4.99 Å². The van der Waals surface area contributed by atoms with Crippen molar-refractivity contribution in [1.29, 1.82) is 5.26 Å². The van der Waals surface area contributed by atoms with Crippen LogP contribution in [0.3, 0.4) is 0 Å². The SMILES string of the molecule is CCOC(=O)C1=C(C(F)(F)F)N=c2s/c(=C\c3cc(Cl)cc(Cl)c3OCc3ccc(C#N)cc3)c(=O)n2[C@@H]1c1ccc(Cl)cc1. The van der Waals surface area contributed by atoms with Crippen molar-refractivity contribution >= 4 is 58.2 Å². The van der Waals surface area contributed by atoms with Crippen LogP contribution in [0.15, 0.2) is 81.7 Å². The van der Waals surface area contributed by atoms with Gasteiger partial charge < -0.3 is 9.47 Å². The minimum atomic E-state index is -5.05. The summed E-state index contributed by atoms with van der Waals surface area (Å²) in [6.07, 6.45) is -3.66. The predicted molar refractivity (Wildman–Crippen MR) is 164 cm³/mol. The number of carbonyl (C=O) groups is 1. The van der Waals surface area contributed by atoms with Crippen molar-refractivity contribution in [1.82, 2.24) is 4.57 Å². The van der Waals surface area contributed by atoms with Crippen LogP contribution in [0.1, 0.15) is 35.2 Å². The Kier molecular flexibility index (Phi) is 9.41. The predicted octanol–water partition coefficient (Wildman–Crippen LogP) is 6.75. The number of carbonyl (C=O) groups excluding carboxylic acids is 1. The topological polar surface area (TPSA) is 93.7 Å². The molecule has 7 nitrogen and oxygen atoms in total. The van der Waals surface area contributed by atoms with Gasteiger partial charge in [-0.1, -0.05) is 70.4 Å². The van der Waals surface area contributed by atoms with Crippen molar-refractivity contribution < 1.29 is 27.4 Å².